The molecule has 0 aliphatic rings. The summed E-state index contributed by atoms with van der Waals surface area (Å²) in [7, 11) is -15.0. The van der Waals surface area contributed by atoms with E-state index in [4.69, 9.17) is 9.79 Å². The second-order valence-corrected chi connectivity index (χ2v) is 12.8. The Balaban J connectivity index is 5.30. The molecule has 0 aliphatic carbocycles. The van der Waals surface area contributed by atoms with E-state index < -0.39 is 98.8 Å². The molecule has 41 heavy (non-hydrogen) atoms. The summed E-state index contributed by atoms with van der Waals surface area (Å²) in [4.78, 5) is 36.5. The number of ether oxygens (including phenoxy) is 2. The van der Waals surface area contributed by atoms with E-state index in [2.05, 4.69) is 0 Å². The standard InChI is InChI=1S/C14H15F16IO8P2/c15-7(16,9(19,20)38-11(23,24)13(27,28)40(32,33)34)4-2-1-3-6(31)5-8(17,18)10(21,22)39-12(25,26)14(29,30)41(35,36)37/h6H,1-5H2,(H2,32,33,34)(H2,35,36,37)/p-2. The van der Waals surface area contributed by atoms with Crippen molar-refractivity contribution in [3.63, 3.8) is 0 Å². The maximum absolute atomic E-state index is 13.8. The zero-order valence-corrected chi connectivity index (χ0v) is 22.7. The second-order valence-electron chi connectivity index (χ2n) is 7.85. The number of alkyl halides is 17. The fourth-order valence-corrected chi connectivity index (χ4v) is 4.02. The minimum absolute atomic E-state index is 0.822. The Morgan fingerprint density at radius 1 is 0.610 bits per heavy atom. The molecule has 0 saturated carbocycles. The van der Waals surface area contributed by atoms with Crippen molar-refractivity contribution in [1.29, 1.82) is 0 Å². The monoisotopic (exact) mass is 802 g/mol. The van der Waals surface area contributed by atoms with E-state index in [0.717, 1.165) is 22.6 Å². The quantitative estimate of drug-likeness (QED) is 0.0629. The lowest BCUT2D eigenvalue weighted by molar-refractivity contribution is -0.461. The fourth-order valence-electron chi connectivity index (χ4n) is 2.28. The van der Waals surface area contributed by atoms with Crippen molar-refractivity contribution >= 4 is 37.8 Å². The molecule has 0 spiro atoms. The summed E-state index contributed by atoms with van der Waals surface area (Å²) < 4.78 is 235. The van der Waals surface area contributed by atoms with Crippen LogP contribution in [0.15, 0.2) is 0 Å². The van der Waals surface area contributed by atoms with Gasteiger partial charge < -0.3 is 28.7 Å². The van der Waals surface area contributed by atoms with Crippen LogP contribution >= 0.6 is 37.8 Å². The molecule has 0 radical (unpaired) electrons. The van der Waals surface area contributed by atoms with Crippen LogP contribution in [0.1, 0.15) is 32.1 Å². The number of hydrogen-bond acceptors (Lipinski definition) is 6. The normalized spacial score (nSPS) is 19.0. The molecular weight excluding hydrogens is 789 g/mol. The molecule has 248 valence electrons. The van der Waals surface area contributed by atoms with Crippen molar-refractivity contribution in [1.82, 2.24) is 0 Å². The van der Waals surface area contributed by atoms with Crippen LogP contribution in [0, 0.1) is 0 Å². The molecule has 27 heteroatoms. The van der Waals surface area contributed by atoms with Crippen molar-refractivity contribution in [3.8, 4) is 0 Å². The topological polar surface area (TPSA) is 139 Å². The van der Waals surface area contributed by atoms with Crippen molar-refractivity contribution < 1.29 is 108 Å². The number of hydrogen-bond donors (Lipinski definition) is 2. The lowest BCUT2D eigenvalue weighted by Crippen LogP contribution is -2.54. The van der Waals surface area contributed by atoms with Gasteiger partial charge in [-0.15, -0.1) is 0 Å². The van der Waals surface area contributed by atoms with E-state index in [-0.39, 0.29) is 0 Å². The van der Waals surface area contributed by atoms with Crippen LogP contribution in [0.5, 0.6) is 0 Å². The van der Waals surface area contributed by atoms with Crippen LogP contribution in [-0.4, -0.2) is 61.3 Å². The number of rotatable bonds is 17. The summed E-state index contributed by atoms with van der Waals surface area (Å²) in [5, 5.41) is 0. The molecule has 0 rings (SSSR count). The molecule has 0 aromatic heterocycles. The molecule has 2 N–H and O–H groups in total. The lowest BCUT2D eigenvalue weighted by atomic mass is 10.0. The first-order valence-electron chi connectivity index (χ1n) is 9.66. The summed E-state index contributed by atoms with van der Waals surface area (Å²) in [6, 6.07) is 0. The molecule has 0 fully saturated rings. The van der Waals surface area contributed by atoms with Crippen LogP contribution in [0.25, 0.3) is 0 Å². The SMILES string of the molecule is O=P([O-])(O)C(F)(F)C(F)(F)OC(F)(F)C(F)(F)CCCCC(I)CC(F)(F)C(F)(F)OC(F)(F)C(F)(F)P(=O)([O-])O. The van der Waals surface area contributed by atoms with Gasteiger partial charge in [0.05, 0.1) is 0 Å². The Hall–Kier alpha value is -0.170. The first kappa shape index (κ1) is 40.8. The Labute approximate surface area is 230 Å². The zero-order chi connectivity index (χ0) is 33.5. The maximum atomic E-state index is 13.8. The highest BCUT2D eigenvalue weighted by atomic mass is 127. The van der Waals surface area contributed by atoms with E-state index >= 15 is 0 Å². The highest BCUT2D eigenvalue weighted by Gasteiger charge is 2.73. The van der Waals surface area contributed by atoms with E-state index in [1.54, 1.807) is 0 Å². The van der Waals surface area contributed by atoms with Gasteiger partial charge in [0.2, 0.25) is 15.2 Å². The Bertz CT molecular complexity index is 1000. The van der Waals surface area contributed by atoms with E-state index in [1.165, 1.54) is 0 Å². The minimum atomic E-state index is -7.51. The Kier molecular flexibility index (Phi) is 12.3. The highest BCUT2D eigenvalue weighted by molar-refractivity contribution is 14.1. The second kappa shape index (κ2) is 12.3. The molecule has 0 amide bonds. The molecule has 0 saturated heterocycles. The predicted molar refractivity (Wildman–Crippen MR) is 102 cm³/mol. The molecule has 0 aliphatic heterocycles. The van der Waals surface area contributed by atoms with Crippen LogP contribution in [0.2, 0.25) is 0 Å². The first-order chi connectivity index (χ1) is 17.5. The van der Waals surface area contributed by atoms with Gasteiger partial charge in [-0.05, 0) is 12.8 Å². The molecule has 8 nitrogen and oxygen atoms in total. The average molecular weight is 802 g/mol. The van der Waals surface area contributed by atoms with Gasteiger partial charge in [-0.2, -0.15) is 70.2 Å². The zero-order valence-electron chi connectivity index (χ0n) is 18.8. The highest BCUT2D eigenvalue weighted by Crippen LogP contribution is 2.61. The largest absolute Gasteiger partial charge is 0.774 e. The predicted octanol–water partition coefficient (Wildman–Crippen LogP) is 5.69. The summed E-state index contributed by atoms with van der Waals surface area (Å²) in [6.45, 7) is 0. The molecule has 3 atom stereocenters. The van der Waals surface area contributed by atoms with Crippen LogP contribution in [0.4, 0.5) is 70.2 Å². The molecule has 0 aromatic carbocycles. The fraction of sp³-hybridized carbons (Fsp3) is 1.00. The van der Waals surface area contributed by atoms with Gasteiger partial charge in [0, 0.05) is 16.8 Å². The van der Waals surface area contributed by atoms with Crippen molar-refractivity contribution in [2.24, 2.45) is 0 Å². The Morgan fingerprint density at radius 3 is 1.24 bits per heavy atom. The summed E-state index contributed by atoms with van der Waals surface area (Å²) >= 11 is 0.822. The third kappa shape index (κ3) is 9.17. The Morgan fingerprint density at radius 2 is 0.927 bits per heavy atom. The van der Waals surface area contributed by atoms with Gasteiger partial charge in [0.1, 0.15) is 0 Å². The maximum Gasteiger partial charge on any atom is 0.432 e. The van der Waals surface area contributed by atoms with Gasteiger partial charge >= 0.3 is 47.6 Å². The molecule has 0 heterocycles. The van der Waals surface area contributed by atoms with E-state index in [9.17, 15) is 89.2 Å². The summed E-state index contributed by atoms with van der Waals surface area (Å²) in [5.41, 5.74) is -13.6. The van der Waals surface area contributed by atoms with Crippen LogP contribution < -0.4 is 9.79 Å². The third-order valence-corrected chi connectivity index (χ3v) is 7.51. The van der Waals surface area contributed by atoms with Crippen LogP contribution in [0.3, 0.4) is 0 Å². The summed E-state index contributed by atoms with van der Waals surface area (Å²) in [5.74, 6) is -11.7. The van der Waals surface area contributed by atoms with Crippen molar-refractivity contribution in [3.05, 3.63) is 0 Å². The van der Waals surface area contributed by atoms with Crippen molar-refractivity contribution in [2.75, 3.05) is 0 Å². The average Bonchev–Trinajstić information content (AvgIpc) is 2.67. The van der Waals surface area contributed by atoms with Crippen LogP contribution in [-0.2, 0) is 18.6 Å². The molecule has 0 aromatic rings. The van der Waals surface area contributed by atoms with Gasteiger partial charge in [-0.3, -0.25) is 0 Å². The summed E-state index contributed by atoms with van der Waals surface area (Å²) in [6.07, 6.45) is -35.0. The van der Waals surface area contributed by atoms with Gasteiger partial charge in [-0.1, -0.05) is 29.0 Å². The van der Waals surface area contributed by atoms with Gasteiger partial charge in [0.15, 0.2) is 0 Å². The van der Waals surface area contributed by atoms with Gasteiger partial charge in [-0.25, -0.2) is 9.47 Å². The van der Waals surface area contributed by atoms with Crippen molar-refractivity contribution in [2.45, 2.75) is 83.6 Å². The minimum Gasteiger partial charge on any atom is -0.774 e. The molecule has 0 bridgehead atoms. The van der Waals surface area contributed by atoms with E-state index in [1.807, 2.05) is 9.47 Å². The third-order valence-electron chi connectivity index (χ3n) is 4.51. The van der Waals surface area contributed by atoms with E-state index in [0.29, 0.717) is 0 Å². The van der Waals surface area contributed by atoms with Gasteiger partial charge in [0.25, 0.3) is 0 Å². The lowest BCUT2D eigenvalue weighted by Gasteiger charge is -2.36. The molecule has 3 unspecified atom stereocenters. The smallest absolute Gasteiger partial charge is 0.432 e. The number of unbranched alkanes of at least 4 members (excludes halogenated alkanes) is 1. The first-order valence-corrected chi connectivity index (χ1v) is 14.1. The number of halogens is 17. The molecular formula is C14H13F16IO8P2-2.